The van der Waals surface area contributed by atoms with E-state index in [0.29, 0.717) is 27.9 Å². The lowest BCUT2D eigenvalue weighted by Gasteiger charge is -2.07. The molecule has 0 radical (unpaired) electrons. The van der Waals surface area contributed by atoms with Crippen molar-refractivity contribution in [1.82, 2.24) is 9.97 Å². The molecule has 142 valence electrons. The summed E-state index contributed by atoms with van der Waals surface area (Å²) in [5.74, 6) is 0.564. The van der Waals surface area contributed by atoms with E-state index < -0.39 is 11.5 Å². The number of hydrogen-bond donors (Lipinski definition) is 1. The van der Waals surface area contributed by atoms with Crippen LogP contribution < -0.4 is 10.3 Å². The first kappa shape index (κ1) is 19.3. The Morgan fingerprint density at radius 1 is 1.29 bits per heavy atom. The topological polar surface area (TPSA) is 118 Å². The van der Waals surface area contributed by atoms with Crippen molar-refractivity contribution in [2.45, 2.75) is 11.8 Å². The summed E-state index contributed by atoms with van der Waals surface area (Å²) in [5.41, 5.74) is 0.418. The van der Waals surface area contributed by atoms with Crippen LogP contribution in [0.5, 0.6) is 5.75 Å². The third-order valence-electron chi connectivity index (χ3n) is 3.76. The minimum absolute atomic E-state index is 0.0441. The van der Waals surface area contributed by atoms with Crippen molar-refractivity contribution < 1.29 is 18.7 Å². The summed E-state index contributed by atoms with van der Waals surface area (Å²) in [7, 11) is 1.28. The quantitative estimate of drug-likeness (QED) is 0.383. The smallest absolute Gasteiger partial charge is 0.373 e. The van der Waals surface area contributed by atoms with Gasteiger partial charge in [-0.1, -0.05) is 11.8 Å². The number of nitrogens with zero attached hydrogens (tertiary/aromatic N) is 2. The van der Waals surface area contributed by atoms with Crippen LogP contribution in [0, 0.1) is 11.3 Å². The maximum absolute atomic E-state index is 12.0. The predicted molar refractivity (Wildman–Crippen MR) is 101 cm³/mol. The molecule has 8 nitrogen and oxygen atoms in total. The van der Waals surface area contributed by atoms with Gasteiger partial charge in [0.25, 0.3) is 5.56 Å². The molecule has 1 N–H and O–H groups in total. The summed E-state index contributed by atoms with van der Waals surface area (Å²) < 4.78 is 15.5. The van der Waals surface area contributed by atoms with E-state index in [-0.39, 0.29) is 17.9 Å². The number of rotatable bonds is 6. The molecule has 0 aliphatic carbocycles. The summed E-state index contributed by atoms with van der Waals surface area (Å²) >= 11 is 1.28. The van der Waals surface area contributed by atoms with Crippen LogP contribution in [-0.2, 0) is 11.3 Å². The van der Waals surface area contributed by atoms with Gasteiger partial charge in [-0.15, -0.1) is 0 Å². The minimum atomic E-state index is -0.557. The number of aromatic nitrogens is 2. The minimum Gasteiger partial charge on any atom is -0.486 e. The van der Waals surface area contributed by atoms with E-state index in [1.807, 2.05) is 6.07 Å². The third-order valence-corrected chi connectivity index (χ3v) is 4.34. The molecule has 0 saturated carbocycles. The maximum atomic E-state index is 12.0. The molecule has 0 saturated heterocycles. The second-order valence-electron chi connectivity index (χ2n) is 5.48. The molecule has 0 unspecified atom stereocenters. The van der Waals surface area contributed by atoms with E-state index in [4.69, 9.17) is 9.15 Å². The van der Waals surface area contributed by atoms with E-state index in [9.17, 15) is 14.9 Å². The number of carbonyl (C=O) groups excluding carboxylic acids is 1. The monoisotopic (exact) mass is 397 g/mol. The largest absolute Gasteiger partial charge is 0.486 e. The highest BCUT2D eigenvalue weighted by atomic mass is 32.2. The Labute approximate surface area is 164 Å². The zero-order chi connectivity index (χ0) is 20.1. The van der Waals surface area contributed by atoms with Crippen LogP contribution in [0.2, 0.25) is 0 Å². The molecule has 3 aromatic rings. The molecule has 0 aliphatic heterocycles. The molecule has 9 heteroatoms. The number of nitriles is 1. The van der Waals surface area contributed by atoms with Crippen molar-refractivity contribution in [3.05, 3.63) is 63.8 Å². The highest BCUT2D eigenvalue weighted by Crippen LogP contribution is 2.24. The lowest BCUT2D eigenvalue weighted by Crippen LogP contribution is -2.14. The Morgan fingerprint density at radius 3 is 2.68 bits per heavy atom. The van der Waals surface area contributed by atoms with Crippen molar-refractivity contribution in [3.8, 4) is 23.1 Å². The van der Waals surface area contributed by atoms with Gasteiger partial charge in [0.15, 0.2) is 5.16 Å². The van der Waals surface area contributed by atoms with Gasteiger partial charge < -0.3 is 18.9 Å². The van der Waals surface area contributed by atoms with Crippen LogP contribution in [-0.4, -0.2) is 29.3 Å². The Kier molecular flexibility index (Phi) is 5.81. The van der Waals surface area contributed by atoms with Gasteiger partial charge in [0, 0.05) is 5.56 Å². The van der Waals surface area contributed by atoms with Crippen LogP contribution in [0.4, 0.5) is 0 Å². The summed E-state index contributed by atoms with van der Waals surface area (Å²) in [6, 6.07) is 11.9. The fourth-order valence-corrected chi connectivity index (χ4v) is 2.77. The Morgan fingerprint density at radius 2 is 2.04 bits per heavy atom. The molecule has 0 spiro atoms. The number of methoxy groups -OCH3 is 1. The average Bonchev–Trinajstić information content (AvgIpc) is 3.20. The number of nitrogens with one attached hydrogen (secondary N) is 1. The van der Waals surface area contributed by atoms with Gasteiger partial charge in [-0.3, -0.25) is 4.79 Å². The number of aromatic amines is 1. The molecule has 0 fully saturated rings. The fourth-order valence-electron chi connectivity index (χ4n) is 2.39. The number of furan rings is 1. The van der Waals surface area contributed by atoms with Crippen molar-refractivity contribution in [2.75, 3.05) is 13.4 Å². The van der Waals surface area contributed by atoms with Gasteiger partial charge in [0.1, 0.15) is 29.7 Å². The highest BCUT2D eigenvalue weighted by molar-refractivity contribution is 7.98. The molecule has 2 heterocycles. The van der Waals surface area contributed by atoms with E-state index in [1.165, 1.54) is 24.9 Å². The van der Waals surface area contributed by atoms with E-state index in [0.717, 1.165) is 0 Å². The number of hydrogen-bond acceptors (Lipinski definition) is 8. The molecule has 0 aliphatic rings. The molecule has 3 rings (SSSR count). The molecular weight excluding hydrogens is 382 g/mol. The summed E-state index contributed by atoms with van der Waals surface area (Å²) in [6.45, 7) is 0.125. The molecule has 28 heavy (non-hydrogen) atoms. The van der Waals surface area contributed by atoms with Crippen LogP contribution in [0.1, 0.15) is 21.9 Å². The number of benzene rings is 1. The second-order valence-corrected chi connectivity index (χ2v) is 6.28. The number of H-pyrrole nitrogens is 1. The second kappa shape index (κ2) is 8.45. The van der Waals surface area contributed by atoms with Crippen molar-refractivity contribution >= 4 is 17.7 Å². The number of thioether (sulfide) groups is 1. The number of carbonyl (C=O) groups is 1. The first-order valence-corrected chi connectivity index (χ1v) is 9.27. The summed E-state index contributed by atoms with van der Waals surface area (Å²) in [4.78, 5) is 30.3. The molecular formula is C19H15N3O5S. The fraction of sp³-hybridized carbons (Fsp3) is 0.158. The van der Waals surface area contributed by atoms with Gasteiger partial charge in [0.05, 0.1) is 12.8 Å². The van der Waals surface area contributed by atoms with Gasteiger partial charge in [-0.05, 0) is 42.7 Å². The van der Waals surface area contributed by atoms with Gasteiger partial charge >= 0.3 is 5.97 Å². The summed E-state index contributed by atoms with van der Waals surface area (Å²) in [6.07, 6.45) is 1.78. The third kappa shape index (κ3) is 4.07. The lowest BCUT2D eigenvalue weighted by molar-refractivity contribution is 0.0561. The van der Waals surface area contributed by atoms with E-state index in [2.05, 4.69) is 14.7 Å². The van der Waals surface area contributed by atoms with Gasteiger partial charge in [0.2, 0.25) is 5.76 Å². The molecule has 0 amide bonds. The van der Waals surface area contributed by atoms with E-state index in [1.54, 1.807) is 36.6 Å². The number of ether oxygens (including phenoxy) is 2. The SMILES string of the molecule is COC(=O)c1ccc(COc2ccc(-c3nc(SC)[nH]c(=O)c3C#N)cc2)o1. The van der Waals surface area contributed by atoms with Crippen molar-refractivity contribution in [1.29, 1.82) is 5.26 Å². The van der Waals surface area contributed by atoms with Gasteiger partial charge in [-0.25, -0.2) is 9.78 Å². The summed E-state index contributed by atoms with van der Waals surface area (Å²) in [5, 5.41) is 9.69. The van der Waals surface area contributed by atoms with Crippen molar-refractivity contribution in [3.63, 3.8) is 0 Å². The lowest BCUT2D eigenvalue weighted by atomic mass is 10.1. The van der Waals surface area contributed by atoms with Crippen LogP contribution in [0.25, 0.3) is 11.3 Å². The zero-order valence-electron chi connectivity index (χ0n) is 15.0. The van der Waals surface area contributed by atoms with Crippen LogP contribution in [0.3, 0.4) is 0 Å². The first-order chi connectivity index (χ1) is 13.5. The normalized spacial score (nSPS) is 10.3. The number of esters is 1. The molecule has 2 aromatic heterocycles. The predicted octanol–water partition coefficient (Wildman–Crippen LogP) is 2.99. The Bertz CT molecular complexity index is 1100. The van der Waals surface area contributed by atoms with Crippen LogP contribution >= 0.6 is 11.8 Å². The Balaban J connectivity index is 1.76. The van der Waals surface area contributed by atoms with Crippen LogP contribution in [0.15, 0.2) is 50.8 Å². The van der Waals surface area contributed by atoms with E-state index >= 15 is 0 Å². The molecule has 0 bridgehead atoms. The standard InChI is InChI=1S/C19H15N3O5S/c1-25-18(24)15-8-7-13(27-15)10-26-12-5-3-11(4-6-12)16-14(9-20)17(23)22-19(21-16)28-2/h3-8H,10H2,1-2H3,(H,21,22,23). The highest BCUT2D eigenvalue weighted by Gasteiger charge is 2.14. The maximum Gasteiger partial charge on any atom is 0.373 e. The van der Waals surface area contributed by atoms with Gasteiger partial charge in [-0.2, -0.15) is 5.26 Å². The van der Waals surface area contributed by atoms with Crippen molar-refractivity contribution in [2.24, 2.45) is 0 Å². The molecule has 1 aromatic carbocycles. The zero-order valence-corrected chi connectivity index (χ0v) is 15.8. The molecule has 0 atom stereocenters. The average molecular weight is 397 g/mol. The Hall–Kier alpha value is -3.51. The first-order valence-electron chi connectivity index (χ1n) is 8.04.